The summed E-state index contributed by atoms with van der Waals surface area (Å²) in [6, 6.07) is 11.5. The monoisotopic (exact) mass is 434 g/mol. The molecule has 0 aliphatic carbocycles. The summed E-state index contributed by atoms with van der Waals surface area (Å²) < 4.78 is 34.0. The third-order valence-corrected chi connectivity index (χ3v) is 7.69. The molecule has 0 N–H and O–H groups in total. The molecule has 0 bridgehead atoms. The van der Waals surface area contributed by atoms with E-state index >= 15 is 0 Å². The van der Waals surface area contributed by atoms with Gasteiger partial charge in [-0.1, -0.05) is 12.1 Å². The van der Waals surface area contributed by atoms with E-state index in [4.69, 9.17) is 4.74 Å². The molecule has 2 heterocycles. The zero-order valence-electron chi connectivity index (χ0n) is 15.5. The van der Waals surface area contributed by atoms with Crippen LogP contribution in [0.4, 0.5) is 5.69 Å². The molecule has 1 aliphatic rings. The van der Waals surface area contributed by atoms with Crippen LogP contribution in [-0.2, 0) is 21.8 Å². The summed E-state index contributed by atoms with van der Waals surface area (Å²) >= 11 is 1.13. The Kier molecular flexibility index (Phi) is 5.30. The smallest absolute Gasteiger partial charge is 0.284 e. The van der Waals surface area contributed by atoms with Crippen LogP contribution in [0, 0.1) is 10.1 Å². The summed E-state index contributed by atoms with van der Waals surface area (Å²) in [5.41, 5.74) is 1.42. The van der Waals surface area contributed by atoms with Gasteiger partial charge in [0.2, 0.25) is 10.0 Å². The molecule has 2 aromatic carbocycles. The van der Waals surface area contributed by atoms with Gasteiger partial charge in [0, 0.05) is 26.2 Å². The molecule has 0 amide bonds. The van der Waals surface area contributed by atoms with E-state index in [1.54, 1.807) is 0 Å². The number of para-hydroxylation sites is 2. The molecule has 4 rings (SSSR count). The van der Waals surface area contributed by atoms with Crippen molar-refractivity contribution in [3.8, 4) is 0 Å². The quantitative estimate of drug-likeness (QED) is 0.449. The second kappa shape index (κ2) is 7.75. The molecule has 1 aliphatic heterocycles. The van der Waals surface area contributed by atoms with E-state index in [0.717, 1.165) is 28.9 Å². The summed E-state index contributed by atoms with van der Waals surface area (Å²) in [6.45, 7) is 1.07. The minimum atomic E-state index is -3.82. The highest BCUT2D eigenvalue weighted by Crippen LogP contribution is 2.37. The predicted molar refractivity (Wildman–Crippen MR) is 108 cm³/mol. The molecule has 0 atom stereocenters. The topological polar surface area (TPSA) is 108 Å². The standard InChI is InChI=1S/C18H18N4O5S2/c1-20-15-5-3-2-4-14(15)19-18(20)28-17-7-6-13(12-16(17)22(23)24)29(25,26)21-8-10-27-11-9-21/h2-7,12H,8-11H2,1H3. The fraction of sp³-hybridized carbons (Fsp3) is 0.278. The lowest BCUT2D eigenvalue weighted by molar-refractivity contribution is -0.388. The van der Waals surface area contributed by atoms with Crippen molar-refractivity contribution in [2.24, 2.45) is 7.05 Å². The first-order valence-corrected chi connectivity index (χ1v) is 11.1. The first-order chi connectivity index (χ1) is 13.9. The van der Waals surface area contributed by atoms with Gasteiger partial charge < -0.3 is 9.30 Å². The maximum Gasteiger partial charge on any atom is 0.284 e. The van der Waals surface area contributed by atoms with Crippen molar-refractivity contribution in [2.75, 3.05) is 26.3 Å². The number of imidazole rings is 1. The number of fused-ring (bicyclic) bond motifs is 1. The molecule has 11 heteroatoms. The number of ether oxygens (including phenoxy) is 1. The average molecular weight is 434 g/mol. The lowest BCUT2D eigenvalue weighted by Gasteiger charge is -2.26. The first kappa shape index (κ1) is 19.8. The number of aromatic nitrogens is 2. The van der Waals surface area contributed by atoms with Gasteiger partial charge in [0.25, 0.3) is 5.69 Å². The second-order valence-corrected chi connectivity index (χ2v) is 9.39. The summed E-state index contributed by atoms with van der Waals surface area (Å²) in [6.07, 6.45) is 0. The Labute approximate surface area is 171 Å². The average Bonchev–Trinajstić information content (AvgIpc) is 3.04. The third-order valence-electron chi connectivity index (χ3n) is 4.68. The number of nitrogens with zero attached hydrogens (tertiary/aromatic N) is 4. The Balaban J connectivity index is 1.71. The van der Waals surface area contributed by atoms with Gasteiger partial charge in [-0.25, -0.2) is 13.4 Å². The molecule has 29 heavy (non-hydrogen) atoms. The molecule has 1 fully saturated rings. The summed E-state index contributed by atoms with van der Waals surface area (Å²) in [4.78, 5) is 15.8. The Morgan fingerprint density at radius 2 is 1.90 bits per heavy atom. The van der Waals surface area contributed by atoms with Crippen molar-refractivity contribution in [3.05, 3.63) is 52.6 Å². The van der Waals surface area contributed by atoms with Crippen LogP contribution in [-0.4, -0.2) is 53.5 Å². The SMILES string of the molecule is Cn1c(Sc2ccc(S(=O)(=O)N3CCOCC3)cc2[N+](=O)[O-])nc2ccccc21. The molecule has 0 saturated carbocycles. The van der Waals surface area contributed by atoms with Crippen molar-refractivity contribution < 1.29 is 18.1 Å². The van der Waals surface area contributed by atoms with Crippen LogP contribution in [0.5, 0.6) is 0 Å². The Hall–Kier alpha value is -2.47. The van der Waals surface area contributed by atoms with Crippen LogP contribution in [0.2, 0.25) is 0 Å². The van der Waals surface area contributed by atoms with Gasteiger partial charge in [-0.05, 0) is 36.0 Å². The zero-order valence-corrected chi connectivity index (χ0v) is 17.1. The van der Waals surface area contributed by atoms with Crippen molar-refractivity contribution in [2.45, 2.75) is 14.9 Å². The summed E-state index contributed by atoms with van der Waals surface area (Å²) in [5.74, 6) is 0. The lowest BCUT2D eigenvalue weighted by Crippen LogP contribution is -2.40. The van der Waals surface area contributed by atoms with Crippen LogP contribution >= 0.6 is 11.8 Å². The molecule has 3 aromatic rings. The normalized spacial score (nSPS) is 15.6. The number of hydrogen-bond acceptors (Lipinski definition) is 7. The number of nitro groups is 1. The van der Waals surface area contributed by atoms with E-state index in [-0.39, 0.29) is 23.7 Å². The molecule has 9 nitrogen and oxygen atoms in total. The number of morpholine rings is 1. The predicted octanol–water partition coefficient (Wildman–Crippen LogP) is 2.65. The number of rotatable bonds is 5. The van der Waals surface area contributed by atoms with E-state index in [1.807, 2.05) is 35.9 Å². The molecule has 152 valence electrons. The van der Waals surface area contributed by atoms with Gasteiger partial charge in [0.15, 0.2) is 5.16 Å². The minimum Gasteiger partial charge on any atom is -0.379 e. The minimum absolute atomic E-state index is 0.0968. The number of aryl methyl sites for hydroxylation is 1. The number of sulfonamides is 1. The number of hydrogen-bond donors (Lipinski definition) is 0. The fourth-order valence-corrected chi connectivity index (χ4v) is 5.51. The molecule has 0 radical (unpaired) electrons. The highest BCUT2D eigenvalue weighted by molar-refractivity contribution is 7.99. The maximum atomic E-state index is 12.8. The van der Waals surface area contributed by atoms with Gasteiger partial charge >= 0.3 is 0 Å². The van der Waals surface area contributed by atoms with Crippen LogP contribution in [0.1, 0.15) is 0 Å². The Morgan fingerprint density at radius 1 is 1.17 bits per heavy atom. The van der Waals surface area contributed by atoms with E-state index in [0.29, 0.717) is 23.3 Å². The fourth-order valence-electron chi connectivity index (χ4n) is 3.14. The number of nitro benzene ring substituents is 1. The molecular formula is C18H18N4O5S2. The summed E-state index contributed by atoms with van der Waals surface area (Å²) in [7, 11) is -1.98. The third kappa shape index (κ3) is 3.73. The van der Waals surface area contributed by atoms with E-state index in [9.17, 15) is 18.5 Å². The van der Waals surface area contributed by atoms with Gasteiger partial charge in [-0.15, -0.1) is 0 Å². The van der Waals surface area contributed by atoms with Gasteiger partial charge in [0.05, 0.1) is 39.0 Å². The van der Waals surface area contributed by atoms with Gasteiger partial charge in [-0.3, -0.25) is 10.1 Å². The largest absolute Gasteiger partial charge is 0.379 e. The maximum absolute atomic E-state index is 12.8. The second-order valence-electron chi connectivity index (χ2n) is 6.45. The highest BCUT2D eigenvalue weighted by atomic mass is 32.2. The molecule has 0 spiro atoms. The highest BCUT2D eigenvalue weighted by Gasteiger charge is 2.29. The zero-order chi connectivity index (χ0) is 20.6. The van der Waals surface area contributed by atoms with E-state index in [1.165, 1.54) is 16.4 Å². The molecular weight excluding hydrogens is 416 g/mol. The molecule has 0 unspecified atom stereocenters. The Bertz CT molecular complexity index is 1190. The lowest BCUT2D eigenvalue weighted by atomic mass is 10.3. The van der Waals surface area contributed by atoms with E-state index < -0.39 is 14.9 Å². The van der Waals surface area contributed by atoms with Crippen molar-refractivity contribution in [1.82, 2.24) is 13.9 Å². The van der Waals surface area contributed by atoms with E-state index in [2.05, 4.69) is 4.98 Å². The first-order valence-electron chi connectivity index (χ1n) is 8.83. The van der Waals surface area contributed by atoms with Crippen molar-refractivity contribution in [1.29, 1.82) is 0 Å². The number of benzene rings is 2. The van der Waals surface area contributed by atoms with Crippen LogP contribution in [0.25, 0.3) is 11.0 Å². The van der Waals surface area contributed by atoms with Crippen molar-refractivity contribution in [3.63, 3.8) is 0 Å². The van der Waals surface area contributed by atoms with Gasteiger partial charge in [-0.2, -0.15) is 4.31 Å². The molecule has 1 aromatic heterocycles. The van der Waals surface area contributed by atoms with Gasteiger partial charge in [0.1, 0.15) is 0 Å². The van der Waals surface area contributed by atoms with Crippen molar-refractivity contribution >= 4 is 38.5 Å². The van der Waals surface area contributed by atoms with Crippen LogP contribution < -0.4 is 0 Å². The van der Waals surface area contributed by atoms with Crippen LogP contribution in [0.15, 0.2) is 57.4 Å². The molecule has 1 saturated heterocycles. The summed E-state index contributed by atoms with van der Waals surface area (Å²) in [5, 5.41) is 12.2. The Morgan fingerprint density at radius 3 is 2.59 bits per heavy atom. The van der Waals surface area contributed by atoms with Crippen LogP contribution in [0.3, 0.4) is 0 Å².